The molecular formula is C18H20N3O5-. The molecule has 0 aliphatic carbocycles. The molecule has 0 unspecified atom stereocenters. The maximum atomic E-state index is 13.0. The normalized spacial score (nSPS) is 10.2. The third kappa shape index (κ3) is 4.50. The predicted molar refractivity (Wildman–Crippen MR) is 98.4 cm³/mol. The van der Waals surface area contributed by atoms with Crippen molar-refractivity contribution in [2.24, 2.45) is 0 Å². The molecular weight excluding hydrogens is 338 g/mol. The summed E-state index contributed by atoms with van der Waals surface area (Å²) in [6.45, 7) is 0.110. The second-order valence-electron chi connectivity index (χ2n) is 5.37. The molecule has 0 aromatic heterocycles. The first-order chi connectivity index (χ1) is 12.5. The Balaban J connectivity index is 2.36. The molecule has 2 aromatic rings. The maximum absolute atomic E-state index is 13.0. The minimum Gasteiger partial charge on any atom is -0.733 e. The standard InChI is InChI=1S/C18H20N3O5/c1-19-15-9-8-13(12-16(15)21(24)25)18(23)20(11-10-17(22)26-2)14-6-4-3-5-7-14/h3-9,12,19,24H,10-11H2,1-2H3/q-1. The third-order valence-corrected chi connectivity index (χ3v) is 3.80. The molecule has 8 heteroatoms. The molecule has 2 aromatic carbocycles. The van der Waals surface area contributed by atoms with E-state index in [0.29, 0.717) is 11.4 Å². The molecule has 2 rings (SSSR count). The summed E-state index contributed by atoms with van der Waals surface area (Å²) in [5.74, 6) is -0.850. The zero-order chi connectivity index (χ0) is 19.1. The molecule has 0 aliphatic rings. The number of hydrogen-bond acceptors (Lipinski definition) is 7. The highest BCUT2D eigenvalue weighted by molar-refractivity contribution is 6.07. The van der Waals surface area contributed by atoms with E-state index >= 15 is 0 Å². The number of benzene rings is 2. The maximum Gasteiger partial charge on any atom is 0.307 e. The molecule has 26 heavy (non-hydrogen) atoms. The molecule has 0 radical (unpaired) electrons. The van der Waals surface area contributed by atoms with Gasteiger partial charge >= 0.3 is 5.97 Å². The van der Waals surface area contributed by atoms with E-state index in [9.17, 15) is 20.0 Å². The summed E-state index contributed by atoms with van der Waals surface area (Å²) in [5.41, 5.74) is 1.09. The van der Waals surface area contributed by atoms with Gasteiger partial charge in [-0.25, -0.2) is 0 Å². The summed E-state index contributed by atoms with van der Waals surface area (Å²) >= 11 is 0. The van der Waals surface area contributed by atoms with E-state index in [0.717, 1.165) is 0 Å². The molecule has 8 nitrogen and oxygen atoms in total. The number of methoxy groups -OCH3 is 1. The molecule has 0 spiro atoms. The van der Waals surface area contributed by atoms with Crippen LogP contribution < -0.4 is 15.4 Å². The number of rotatable bonds is 7. The Hall–Kier alpha value is -3.10. The first-order valence-electron chi connectivity index (χ1n) is 7.89. The van der Waals surface area contributed by atoms with Crippen LogP contribution in [0.3, 0.4) is 0 Å². The SMILES string of the molecule is CNc1ccc(C(=O)N(CCC(=O)OC)c2ccccc2)cc1N([O-])O. The first-order valence-corrected chi connectivity index (χ1v) is 7.89. The number of nitrogens with zero attached hydrogens (tertiary/aromatic N) is 2. The van der Waals surface area contributed by atoms with Crippen LogP contribution in [0.15, 0.2) is 48.5 Å². The van der Waals surface area contributed by atoms with Gasteiger partial charge in [-0.1, -0.05) is 18.2 Å². The van der Waals surface area contributed by atoms with Crippen molar-refractivity contribution in [1.29, 1.82) is 0 Å². The molecule has 0 aliphatic heterocycles. The summed E-state index contributed by atoms with van der Waals surface area (Å²) in [5, 5.41) is 23.1. The Morgan fingerprint density at radius 3 is 2.46 bits per heavy atom. The molecule has 0 atom stereocenters. The number of esters is 1. The van der Waals surface area contributed by atoms with Crippen LogP contribution in [0.5, 0.6) is 0 Å². The number of carbonyl (C=O) groups excluding carboxylic acids is 2. The predicted octanol–water partition coefficient (Wildman–Crippen LogP) is 2.63. The van der Waals surface area contributed by atoms with Crippen molar-refractivity contribution in [1.82, 2.24) is 0 Å². The van der Waals surface area contributed by atoms with Gasteiger partial charge in [-0.15, -0.1) is 0 Å². The second-order valence-corrected chi connectivity index (χ2v) is 5.37. The monoisotopic (exact) mass is 358 g/mol. The number of anilines is 3. The molecule has 0 fully saturated rings. The van der Waals surface area contributed by atoms with Gasteiger partial charge in [0.05, 0.1) is 24.9 Å². The number of carbonyl (C=O) groups is 2. The number of nitrogens with one attached hydrogen (secondary N) is 1. The summed E-state index contributed by atoms with van der Waals surface area (Å²) in [6.07, 6.45) is 0.0201. The Kier molecular flexibility index (Phi) is 6.54. The van der Waals surface area contributed by atoms with Gasteiger partial charge in [0.25, 0.3) is 5.91 Å². The Morgan fingerprint density at radius 1 is 1.19 bits per heavy atom. The van der Waals surface area contributed by atoms with Gasteiger partial charge < -0.3 is 25.4 Å². The van der Waals surface area contributed by atoms with E-state index in [4.69, 9.17) is 0 Å². The van der Waals surface area contributed by atoms with E-state index in [1.54, 1.807) is 31.3 Å². The minimum atomic E-state index is -0.439. The summed E-state index contributed by atoms with van der Waals surface area (Å²) in [4.78, 5) is 25.9. The van der Waals surface area contributed by atoms with Crippen molar-refractivity contribution >= 4 is 28.9 Å². The number of ether oxygens (including phenoxy) is 1. The van der Waals surface area contributed by atoms with Crippen molar-refractivity contribution in [3.8, 4) is 0 Å². The van der Waals surface area contributed by atoms with Gasteiger partial charge in [0.1, 0.15) is 0 Å². The van der Waals surface area contributed by atoms with Crippen molar-refractivity contribution in [3.63, 3.8) is 0 Å². The van der Waals surface area contributed by atoms with Crippen LogP contribution in [0.2, 0.25) is 0 Å². The van der Waals surface area contributed by atoms with Crippen LogP contribution in [-0.2, 0) is 9.53 Å². The largest absolute Gasteiger partial charge is 0.733 e. The highest BCUT2D eigenvalue weighted by Crippen LogP contribution is 2.27. The molecule has 0 bridgehead atoms. The van der Waals surface area contributed by atoms with Gasteiger partial charge in [-0.2, -0.15) is 0 Å². The second kappa shape index (κ2) is 8.84. The lowest BCUT2D eigenvalue weighted by atomic mass is 10.1. The van der Waals surface area contributed by atoms with Gasteiger partial charge in [0.15, 0.2) is 0 Å². The van der Waals surface area contributed by atoms with E-state index < -0.39 is 11.9 Å². The molecule has 2 N–H and O–H groups in total. The van der Waals surface area contributed by atoms with E-state index in [1.807, 2.05) is 6.07 Å². The minimum absolute atomic E-state index is 0.0201. The molecule has 1 amide bonds. The van der Waals surface area contributed by atoms with Crippen LogP contribution in [0, 0.1) is 5.21 Å². The number of amides is 1. The van der Waals surface area contributed by atoms with Crippen molar-refractivity contribution < 1.29 is 19.5 Å². The van der Waals surface area contributed by atoms with E-state index in [1.165, 1.54) is 30.2 Å². The number of hydrogen-bond donors (Lipinski definition) is 2. The zero-order valence-corrected chi connectivity index (χ0v) is 14.5. The Morgan fingerprint density at radius 2 is 1.88 bits per heavy atom. The summed E-state index contributed by atoms with van der Waals surface area (Å²) in [6, 6.07) is 13.2. The average molecular weight is 358 g/mol. The zero-order valence-electron chi connectivity index (χ0n) is 14.5. The van der Waals surface area contributed by atoms with Crippen LogP contribution in [0.1, 0.15) is 16.8 Å². The lowest BCUT2D eigenvalue weighted by molar-refractivity contribution is -0.140. The van der Waals surface area contributed by atoms with Crippen LogP contribution >= 0.6 is 0 Å². The van der Waals surface area contributed by atoms with Crippen LogP contribution in [-0.4, -0.2) is 37.8 Å². The van der Waals surface area contributed by atoms with Gasteiger partial charge in [0, 0.05) is 24.8 Å². The average Bonchev–Trinajstić information content (AvgIpc) is 2.67. The molecule has 0 heterocycles. The topological polar surface area (TPSA) is 105 Å². The number of para-hydroxylation sites is 1. The van der Waals surface area contributed by atoms with Gasteiger partial charge in [-0.3, -0.25) is 14.8 Å². The van der Waals surface area contributed by atoms with Gasteiger partial charge in [0.2, 0.25) is 0 Å². The fourth-order valence-corrected chi connectivity index (χ4v) is 2.45. The molecule has 0 saturated heterocycles. The summed E-state index contributed by atoms with van der Waals surface area (Å²) < 4.78 is 4.64. The van der Waals surface area contributed by atoms with Gasteiger partial charge in [-0.05, 0) is 30.3 Å². The third-order valence-electron chi connectivity index (χ3n) is 3.80. The van der Waals surface area contributed by atoms with Crippen LogP contribution in [0.4, 0.5) is 17.1 Å². The molecule has 138 valence electrons. The first kappa shape index (κ1) is 19.2. The van der Waals surface area contributed by atoms with Crippen molar-refractivity contribution in [2.45, 2.75) is 6.42 Å². The smallest absolute Gasteiger partial charge is 0.307 e. The van der Waals surface area contributed by atoms with E-state index in [2.05, 4.69) is 10.1 Å². The van der Waals surface area contributed by atoms with Crippen LogP contribution in [0.25, 0.3) is 0 Å². The highest BCUT2D eigenvalue weighted by atomic mass is 16.8. The fourth-order valence-electron chi connectivity index (χ4n) is 2.45. The summed E-state index contributed by atoms with van der Waals surface area (Å²) in [7, 11) is 2.88. The molecule has 0 saturated carbocycles. The lowest BCUT2D eigenvalue weighted by Gasteiger charge is -2.26. The highest BCUT2D eigenvalue weighted by Gasteiger charge is 2.20. The fraction of sp³-hybridized carbons (Fsp3) is 0.222. The Bertz CT molecular complexity index is 765. The Labute approximate surface area is 151 Å². The quantitative estimate of drug-likeness (QED) is 0.579. The lowest BCUT2D eigenvalue weighted by Crippen LogP contribution is -2.33. The van der Waals surface area contributed by atoms with E-state index in [-0.39, 0.29) is 29.4 Å². The van der Waals surface area contributed by atoms with Crippen molar-refractivity contribution in [3.05, 3.63) is 59.3 Å². The van der Waals surface area contributed by atoms with Crippen molar-refractivity contribution in [2.75, 3.05) is 36.1 Å².